The van der Waals surface area contributed by atoms with E-state index in [9.17, 15) is 18.0 Å². The van der Waals surface area contributed by atoms with E-state index in [1.165, 1.54) is 13.0 Å². The fourth-order valence-corrected chi connectivity index (χ4v) is 1.83. The number of aliphatic hydroxyl groups excluding tert-OH is 2. The highest BCUT2D eigenvalue weighted by Gasteiger charge is 2.34. The smallest absolute Gasteiger partial charge is 0.394 e. The molecule has 0 spiro atoms. The summed E-state index contributed by atoms with van der Waals surface area (Å²) in [5.41, 5.74) is -2.49. The number of rotatable bonds is 4. The van der Waals surface area contributed by atoms with Gasteiger partial charge in [0.2, 0.25) is 0 Å². The molecule has 112 valence electrons. The fraction of sp³-hybridized carbons (Fsp3) is 0.417. The highest BCUT2D eigenvalue weighted by molar-refractivity contribution is 9.10. The standard InChI is InChI=1S/C12H13BrF3NO3/c1-11(5-18,6-19)17-10(20)7-2-3-9(13)8(4-7)12(14,15)16/h2-4,18-19H,5-6H2,1H3,(H,17,20). The molecule has 3 N–H and O–H groups in total. The van der Waals surface area contributed by atoms with Gasteiger partial charge in [0, 0.05) is 10.0 Å². The molecule has 1 aromatic rings. The highest BCUT2D eigenvalue weighted by atomic mass is 79.9. The van der Waals surface area contributed by atoms with Crippen LogP contribution in [0.1, 0.15) is 22.8 Å². The molecule has 0 heterocycles. The van der Waals surface area contributed by atoms with Crippen molar-refractivity contribution in [1.29, 1.82) is 0 Å². The summed E-state index contributed by atoms with van der Waals surface area (Å²) in [6.07, 6.45) is -4.59. The molecule has 0 aromatic heterocycles. The fourth-order valence-electron chi connectivity index (χ4n) is 1.36. The molecule has 0 atom stereocenters. The molecule has 20 heavy (non-hydrogen) atoms. The molecule has 1 aromatic carbocycles. The maximum atomic E-state index is 12.7. The third kappa shape index (κ3) is 3.94. The van der Waals surface area contributed by atoms with Crippen LogP contribution in [-0.4, -0.2) is 34.9 Å². The van der Waals surface area contributed by atoms with E-state index in [0.717, 1.165) is 6.07 Å². The Morgan fingerprint density at radius 2 is 1.85 bits per heavy atom. The van der Waals surface area contributed by atoms with E-state index in [1.54, 1.807) is 0 Å². The lowest BCUT2D eigenvalue weighted by atomic mass is 10.0. The van der Waals surface area contributed by atoms with Gasteiger partial charge in [0.25, 0.3) is 5.91 Å². The number of benzene rings is 1. The van der Waals surface area contributed by atoms with Crippen LogP contribution in [0.5, 0.6) is 0 Å². The molecule has 0 unspecified atom stereocenters. The molecule has 0 aliphatic heterocycles. The number of alkyl halides is 3. The van der Waals surface area contributed by atoms with E-state index in [4.69, 9.17) is 10.2 Å². The first-order valence-electron chi connectivity index (χ1n) is 5.54. The quantitative estimate of drug-likeness (QED) is 0.772. The van der Waals surface area contributed by atoms with Gasteiger partial charge in [-0.15, -0.1) is 0 Å². The maximum absolute atomic E-state index is 12.7. The Bertz CT molecular complexity index is 501. The first-order valence-corrected chi connectivity index (χ1v) is 6.33. The number of hydrogen-bond acceptors (Lipinski definition) is 3. The Labute approximate surface area is 121 Å². The second kappa shape index (κ2) is 6.11. The lowest BCUT2D eigenvalue weighted by molar-refractivity contribution is -0.138. The minimum Gasteiger partial charge on any atom is -0.394 e. The highest BCUT2D eigenvalue weighted by Crippen LogP contribution is 2.35. The van der Waals surface area contributed by atoms with E-state index in [2.05, 4.69) is 21.2 Å². The van der Waals surface area contributed by atoms with Crippen molar-refractivity contribution in [3.05, 3.63) is 33.8 Å². The van der Waals surface area contributed by atoms with Crippen LogP contribution in [0.25, 0.3) is 0 Å². The van der Waals surface area contributed by atoms with Gasteiger partial charge >= 0.3 is 6.18 Å². The molecule has 1 amide bonds. The average molecular weight is 356 g/mol. The van der Waals surface area contributed by atoms with E-state index < -0.39 is 36.4 Å². The van der Waals surface area contributed by atoms with Crippen molar-refractivity contribution in [2.24, 2.45) is 0 Å². The van der Waals surface area contributed by atoms with Crippen molar-refractivity contribution in [2.75, 3.05) is 13.2 Å². The molecule has 0 radical (unpaired) electrons. The van der Waals surface area contributed by atoms with E-state index in [1.807, 2.05) is 0 Å². The van der Waals surface area contributed by atoms with Gasteiger partial charge in [-0.05, 0) is 25.1 Å². The predicted molar refractivity (Wildman–Crippen MR) is 69.2 cm³/mol. The Kier molecular flexibility index (Phi) is 5.17. The van der Waals surface area contributed by atoms with E-state index in [0.29, 0.717) is 6.07 Å². The normalized spacial score (nSPS) is 12.3. The third-order valence-electron chi connectivity index (χ3n) is 2.65. The van der Waals surface area contributed by atoms with Crippen molar-refractivity contribution in [2.45, 2.75) is 18.6 Å². The molecular formula is C12H13BrF3NO3. The summed E-state index contributed by atoms with van der Waals surface area (Å²) in [5, 5.41) is 20.4. The van der Waals surface area contributed by atoms with Crippen molar-refractivity contribution in [3.8, 4) is 0 Å². The molecule has 0 saturated heterocycles. The van der Waals surface area contributed by atoms with Crippen LogP contribution in [-0.2, 0) is 6.18 Å². The lowest BCUT2D eigenvalue weighted by Crippen LogP contribution is -2.51. The van der Waals surface area contributed by atoms with Crippen LogP contribution >= 0.6 is 15.9 Å². The Hall–Kier alpha value is -1.12. The number of nitrogens with one attached hydrogen (secondary N) is 1. The molecule has 1 rings (SSSR count). The zero-order valence-electron chi connectivity index (χ0n) is 10.5. The summed E-state index contributed by atoms with van der Waals surface area (Å²) in [6, 6.07) is 3.03. The lowest BCUT2D eigenvalue weighted by Gasteiger charge is -2.26. The van der Waals surface area contributed by atoms with Crippen molar-refractivity contribution < 1.29 is 28.2 Å². The summed E-state index contributed by atoms with van der Waals surface area (Å²) in [5.74, 6) is -0.811. The van der Waals surface area contributed by atoms with Crippen LogP contribution in [0.3, 0.4) is 0 Å². The van der Waals surface area contributed by atoms with Gasteiger partial charge in [-0.25, -0.2) is 0 Å². The number of carbonyl (C=O) groups is 1. The van der Waals surface area contributed by atoms with Gasteiger partial charge in [0.15, 0.2) is 0 Å². The molecule has 0 fully saturated rings. The minimum atomic E-state index is -4.59. The third-order valence-corrected chi connectivity index (χ3v) is 3.34. The van der Waals surface area contributed by atoms with Crippen LogP contribution in [0.2, 0.25) is 0 Å². The molecule has 0 bridgehead atoms. The second-order valence-electron chi connectivity index (χ2n) is 4.52. The monoisotopic (exact) mass is 355 g/mol. The Balaban J connectivity index is 3.07. The van der Waals surface area contributed by atoms with Gasteiger partial charge in [-0.3, -0.25) is 4.79 Å². The minimum absolute atomic E-state index is 0.173. The first-order chi connectivity index (χ1) is 9.13. The Morgan fingerprint density at radius 1 is 1.30 bits per heavy atom. The summed E-state index contributed by atoms with van der Waals surface area (Å²) in [4.78, 5) is 11.9. The van der Waals surface area contributed by atoms with Gasteiger partial charge in [0.05, 0.1) is 24.3 Å². The topological polar surface area (TPSA) is 69.6 Å². The number of hydrogen-bond donors (Lipinski definition) is 3. The Morgan fingerprint density at radius 3 is 2.30 bits per heavy atom. The van der Waals surface area contributed by atoms with E-state index in [-0.39, 0.29) is 10.0 Å². The molecule has 0 saturated carbocycles. The first kappa shape index (κ1) is 16.9. The number of amides is 1. The molecular weight excluding hydrogens is 343 g/mol. The number of halogens is 4. The van der Waals surface area contributed by atoms with Crippen LogP contribution < -0.4 is 5.32 Å². The summed E-state index contributed by atoms with van der Waals surface area (Å²) in [7, 11) is 0. The molecule has 0 aliphatic rings. The molecule has 8 heteroatoms. The van der Waals surface area contributed by atoms with Gasteiger partial charge in [-0.1, -0.05) is 15.9 Å². The van der Waals surface area contributed by atoms with Gasteiger partial charge in [0.1, 0.15) is 0 Å². The maximum Gasteiger partial charge on any atom is 0.417 e. The predicted octanol–water partition coefficient (Wildman–Crippen LogP) is 1.94. The summed E-state index contributed by atoms with van der Waals surface area (Å²) < 4.78 is 38.0. The molecule has 0 aliphatic carbocycles. The van der Waals surface area contributed by atoms with Crippen molar-refractivity contribution in [3.63, 3.8) is 0 Å². The second-order valence-corrected chi connectivity index (χ2v) is 5.38. The zero-order valence-corrected chi connectivity index (χ0v) is 12.0. The SMILES string of the molecule is CC(CO)(CO)NC(=O)c1ccc(Br)c(C(F)(F)F)c1. The number of aliphatic hydroxyl groups is 2. The van der Waals surface area contributed by atoms with Crippen LogP contribution in [0.15, 0.2) is 22.7 Å². The van der Waals surface area contributed by atoms with Crippen LogP contribution in [0, 0.1) is 0 Å². The summed E-state index contributed by atoms with van der Waals surface area (Å²) in [6.45, 7) is 0.282. The van der Waals surface area contributed by atoms with Crippen LogP contribution in [0.4, 0.5) is 13.2 Å². The van der Waals surface area contributed by atoms with Crippen molar-refractivity contribution in [1.82, 2.24) is 5.32 Å². The van der Waals surface area contributed by atoms with Crippen molar-refractivity contribution >= 4 is 21.8 Å². The average Bonchev–Trinajstić information content (AvgIpc) is 2.37. The van der Waals surface area contributed by atoms with Gasteiger partial charge < -0.3 is 15.5 Å². The van der Waals surface area contributed by atoms with Gasteiger partial charge in [-0.2, -0.15) is 13.2 Å². The zero-order chi connectivity index (χ0) is 15.6. The summed E-state index contributed by atoms with van der Waals surface area (Å²) >= 11 is 2.77. The number of carbonyl (C=O) groups excluding carboxylic acids is 1. The largest absolute Gasteiger partial charge is 0.417 e. The molecule has 4 nitrogen and oxygen atoms in total. The van der Waals surface area contributed by atoms with E-state index >= 15 is 0 Å².